The molecule has 3 N–H and O–H groups in total. The molecule has 0 aliphatic rings. The van der Waals surface area contributed by atoms with Gasteiger partial charge in [0, 0.05) is 0 Å². The van der Waals surface area contributed by atoms with Gasteiger partial charge in [0.15, 0.2) is 17.8 Å². The molecule has 0 saturated carbocycles. The zero-order valence-corrected chi connectivity index (χ0v) is 16.0. The Hall–Kier alpha value is -2.69. The standard InChI is InChI=1S/C16H17F3N5O4P/c1-10(6-24-8-23-13-14(20)21-7-22-15(13)24)27-9-29(25,26)28-12-4-2-11(3-5-12)16(17,18)19/h2-5,7-8,10H,6,9H2,1H3,(H,25,26)(H2,20,21,22)/t10-/m1/s1. The summed E-state index contributed by atoms with van der Waals surface area (Å²) in [5.41, 5.74) is 5.74. The van der Waals surface area contributed by atoms with E-state index in [1.807, 2.05) is 0 Å². The number of halogens is 3. The molecule has 0 amide bonds. The molecule has 9 nitrogen and oxygen atoms in total. The van der Waals surface area contributed by atoms with Crippen molar-refractivity contribution in [2.24, 2.45) is 0 Å². The quantitative estimate of drug-likeness (QED) is 0.547. The van der Waals surface area contributed by atoms with E-state index >= 15 is 0 Å². The van der Waals surface area contributed by atoms with Crippen LogP contribution in [-0.4, -0.2) is 36.9 Å². The number of nitrogens with two attached hydrogens (primary N) is 1. The Labute approximate surface area is 162 Å². The Morgan fingerprint density at radius 3 is 2.59 bits per heavy atom. The molecule has 156 valence electrons. The monoisotopic (exact) mass is 431 g/mol. The summed E-state index contributed by atoms with van der Waals surface area (Å²) in [5.74, 6) is 0.0555. The molecule has 0 spiro atoms. The van der Waals surface area contributed by atoms with Gasteiger partial charge >= 0.3 is 13.8 Å². The number of hydrogen-bond donors (Lipinski definition) is 2. The van der Waals surface area contributed by atoms with Crippen molar-refractivity contribution in [2.75, 3.05) is 12.1 Å². The first-order chi connectivity index (χ1) is 13.5. The molecule has 1 aromatic carbocycles. The van der Waals surface area contributed by atoms with Crippen molar-refractivity contribution >= 4 is 24.6 Å². The van der Waals surface area contributed by atoms with Crippen LogP contribution in [0.3, 0.4) is 0 Å². The number of alkyl halides is 3. The molecule has 0 aliphatic heterocycles. The number of fused-ring (bicyclic) bond motifs is 1. The van der Waals surface area contributed by atoms with Crippen LogP contribution < -0.4 is 10.3 Å². The molecular formula is C16H17F3N5O4P. The van der Waals surface area contributed by atoms with Gasteiger partial charge in [-0.3, -0.25) is 0 Å². The molecule has 13 heteroatoms. The lowest BCUT2D eigenvalue weighted by Gasteiger charge is -2.18. The molecule has 29 heavy (non-hydrogen) atoms. The van der Waals surface area contributed by atoms with Crippen LogP contribution >= 0.6 is 7.60 Å². The molecule has 2 atom stereocenters. The molecule has 0 fully saturated rings. The number of aromatic nitrogens is 4. The van der Waals surface area contributed by atoms with Crippen molar-refractivity contribution in [3.05, 3.63) is 42.5 Å². The molecule has 2 heterocycles. The van der Waals surface area contributed by atoms with Gasteiger partial charge in [-0.25, -0.2) is 19.5 Å². The summed E-state index contributed by atoms with van der Waals surface area (Å²) in [4.78, 5) is 21.9. The Balaban J connectivity index is 1.58. The molecule has 0 saturated heterocycles. The number of anilines is 1. The first-order valence-electron chi connectivity index (χ1n) is 8.27. The van der Waals surface area contributed by atoms with Crippen molar-refractivity contribution in [3.63, 3.8) is 0 Å². The summed E-state index contributed by atoms with van der Waals surface area (Å²) in [6, 6.07) is 3.46. The second-order valence-corrected chi connectivity index (χ2v) is 7.90. The maximum atomic E-state index is 12.6. The largest absolute Gasteiger partial charge is 0.423 e. The maximum absolute atomic E-state index is 12.6. The van der Waals surface area contributed by atoms with E-state index in [0.717, 1.165) is 24.3 Å². The van der Waals surface area contributed by atoms with E-state index in [9.17, 15) is 22.6 Å². The van der Waals surface area contributed by atoms with Crippen LogP contribution in [0.5, 0.6) is 5.75 Å². The average molecular weight is 431 g/mol. The van der Waals surface area contributed by atoms with Gasteiger partial charge < -0.3 is 24.5 Å². The minimum atomic E-state index is -4.51. The van der Waals surface area contributed by atoms with E-state index in [1.165, 1.54) is 12.7 Å². The first kappa shape index (κ1) is 21.0. The Morgan fingerprint density at radius 1 is 1.24 bits per heavy atom. The smallest absolute Gasteiger partial charge is 0.416 e. The van der Waals surface area contributed by atoms with Crippen molar-refractivity contribution in [2.45, 2.75) is 25.7 Å². The second-order valence-electron chi connectivity index (χ2n) is 6.19. The lowest BCUT2D eigenvalue weighted by Crippen LogP contribution is -2.18. The van der Waals surface area contributed by atoms with Crippen LogP contribution in [0, 0.1) is 0 Å². The summed E-state index contributed by atoms with van der Waals surface area (Å²) in [7, 11) is -4.24. The van der Waals surface area contributed by atoms with Crippen LogP contribution in [0.15, 0.2) is 36.9 Å². The normalized spacial score (nSPS) is 15.2. The zero-order chi connectivity index (χ0) is 21.2. The highest BCUT2D eigenvalue weighted by Gasteiger charge is 2.30. The van der Waals surface area contributed by atoms with Crippen molar-refractivity contribution in [1.82, 2.24) is 19.5 Å². The summed E-state index contributed by atoms with van der Waals surface area (Å²) < 4.78 is 61.7. The summed E-state index contributed by atoms with van der Waals surface area (Å²) in [6.07, 6.45) is -2.90. The number of benzene rings is 1. The minimum Gasteiger partial charge on any atom is -0.423 e. The number of nitrogen functional groups attached to an aromatic ring is 1. The minimum absolute atomic E-state index is 0.173. The van der Waals surface area contributed by atoms with Crippen LogP contribution in [0.25, 0.3) is 11.2 Å². The SMILES string of the molecule is C[C@H](Cn1cnc2c(N)ncnc21)OCP(=O)(O)Oc1ccc(C(F)(F)F)cc1. The fourth-order valence-electron chi connectivity index (χ4n) is 2.48. The number of hydrogen-bond acceptors (Lipinski definition) is 7. The van der Waals surface area contributed by atoms with Crippen molar-refractivity contribution in [1.29, 1.82) is 0 Å². The first-order valence-corrected chi connectivity index (χ1v) is 10.0. The van der Waals surface area contributed by atoms with Gasteiger partial charge in [-0.15, -0.1) is 0 Å². The molecule has 3 aromatic rings. The second kappa shape index (κ2) is 7.97. The van der Waals surface area contributed by atoms with Gasteiger partial charge in [-0.1, -0.05) is 0 Å². The number of nitrogens with zero attached hydrogens (tertiary/aromatic N) is 4. The third-order valence-electron chi connectivity index (χ3n) is 3.84. The zero-order valence-electron chi connectivity index (χ0n) is 15.1. The van der Waals surface area contributed by atoms with Crippen LogP contribution in [0.2, 0.25) is 0 Å². The van der Waals surface area contributed by atoms with Gasteiger partial charge in [-0.05, 0) is 31.2 Å². The Kier molecular flexibility index (Phi) is 5.78. The highest BCUT2D eigenvalue weighted by molar-refractivity contribution is 7.53. The van der Waals surface area contributed by atoms with Gasteiger partial charge in [0.1, 0.15) is 17.6 Å². The fraction of sp³-hybridized carbons (Fsp3) is 0.312. The Morgan fingerprint density at radius 2 is 1.93 bits per heavy atom. The molecule has 0 aliphatic carbocycles. The number of imidazole rings is 1. The highest BCUT2D eigenvalue weighted by Crippen LogP contribution is 2.43. The van der Waals surface area contributed by atoms with Gasteiger partial charge in [0.25, 0.3) is 0 Å². The number of ether oxygens (including phenoxy) is 1. The van der Waals surface area contributed by atoms with E-state index in [-0.39, 0.29) is 18.1 Å². The maximum Gasteiger partial charge on any atom is 0.416 e. The van der Waals surface area contributed by atoms with Crippen molar-refractivity contribution < 1.29 is 31.9 Å². The summed E-state index contributed by atoms with van der Waals surface area (Å²) >= 11 is 0. The average Bonchev–Trinajstić information content (AvgIpc) is 3.04. The van der Waals surface area contributed by atoms with E-state index in [2.05, 4.69) is 15.0 Å². The third-order valence-corrected chi connectivity index (χ3v) is 4.81. The van der Waals surface area contributed by atoms with Gasteiger partial charge in [0.2, 0.25) is 0 Å². The molecule has 1 unspecified atom stereocenters. The van der Waals surface area contributed by atoms with E-state index < -0.39 is 31.8 Å². The lowest BCUT2D eigenvalue weighted by molar-refractivity contribution is -0.137. The molecule has 0 radical (unpaired) electrons. The van der Waals surface area contributed by atoms with Gasteiger partial charge in [0.05, 0.1) is 24.5 Å². The van der Waals surface area contributed by atoms with E-state index in [1.54, 1.807) is 11.5 Å². The van der Waals surface area contributed by atoms with Crippen molar-refractivity contribution in [3.8, 4) is 5.75 Å². The fourth-order valence-corrected chi connectivity index (χ4v) is 3.43. The van der Waals surface area contributed by atoms with Crippen LogP contribution in [0.4, 0.5) is 19.0 Å². The Bertz CT molecular complexity index is 1040. The molecular weight excluding hydrogens is 414 g/mol. The highest BCUT2D eigenvalue weighted by atomic mass is 31.2. The van der Waals surface area contributed by atoms with Crippen LogP contribution in [-0.2, 0) is 22.0 Å². The summed E-state index contributed by atoms with van der Waals surface area (Å²) in [6.45, 7) is 1.92. The number of rotatable bonds is 7. The van der Waals surface area contributed by atoms with E-state index in [4.69, 9.17) is 15.0 Å². The van der Waals surface area contributed by atoms with Crippen LogP contribution in [0.1, 0.15) is 12.5 Å². The lowest BCUT2D eigenvalue weighted by atomic mass is 10.2. The van der Waals surface area contributed by atoms with E-state index in [0.29, 0.717) is 11.2 Å². The third kappa shape index (κ3) is 5.22. The molecule has 2 aromatic heterocycles. The summed E-state index contributed by atoms with van der Waals surface area (Å²) in [5, 5.41) is 0. The molecule has 0 bridgehead atoms. The van der Waals surface area contributed by atoms with Gasteiger partial charge in [-0.2, -0.15) is 13.2 Å². The molecule has 3 rings (SSSR count). The predicted molar refractivity (Wildman–Crippen MR) is 97.0 cm³/mol. The predicted octanol–water partition coefficient (Wildman–Crippen LogP) is 3.05. The topological polar surface area (TPSA) is 125 Å².